The van der Waals surface area contributed by atoms with Gasteiger partial charge in [0.15, 0.2) is 4.87 Å². The number of carboxylic acid groups (broad SMARTS) is 1. The number of aliphatic carboxylic acids is 1. The molecule has 0 radical (unpaired) electrons. The van der Waals surface area contributed by atoms with Crippen LogP contribution in [0.1, 0.15) is 12.0 Å². The molecule has 122 valence electrons. The smallest absolute Gasteiger partial charge is 0.327 e. The number of carboxylic acids is 1. The third-order valence-corrected chi connectivity index (χ3v) is 6.48. The average Bonchev–Trinajstić information content (AvgIpc) is 2.50. The van der Waals surface area contributed by atoms with E-state index < -0.39 is 21.0 Å². The Kier molecular flexibility index (Phi) is 3.97. The fraction of sp³-hybridized carbons (Fsp3) is 0.429. The summed E-state index contributed by atoms with van der Waals surface area (Å²) in [5.74, 6) is -1.24. The normalized spacial score (nSPS) is 29.6. The van der Waals surface area contributed by atoms with Gasteiger partial charge in [0.25, 0.3) is 5.69 Å². The summed E-state index contributed by atoms with van der Waals surface area (Å²) in [4.78, 5) is 33.3. The minimum Gasteiger partial charge on any atom is -0.480 e. The van der Waals surface area contributed by atoms with Gasteiger partial charge in [0, 0.05) is 17.4 Å². The highest BCUT2D eigenvalue weighted by Crippen LogP contribution is 2.46. The predicted molar refractivity (Wildman–Crippen MR) is 84.5 cm³/mol. The molecule has 2 aliphatic rings. The van der Waals surface area contributed by atoms with Crippen molar-refractivity contribution in [3.63, 3.8) is 0 Å². The van der Waals surface area contributed by atoms with Gasteiger partial charge in [-0.05, 0) is 12.0 Å². The molecule has 1 N–H and O–H groups in total. The van der Waals surface area contributed by atoms with E-state index in [1.165, 1.54) is 28.8 Å². The summed E-state index contributed by atoms with van der Waals surface area (Å²) in [5, 5.41) is 19.7. The van der Waals surface area contributed by atoms with E-state index in [0.29, 0.717) is 12.8 Å². The van der Waals surface area contributed by atoms with Gasteiger partial charge < -0.3 is 10.0 Å². The minimum absolute atomic E-state index is 0.0158. The Hall–Kier alpha value is -1.80. The Bertz CT molecular complexity index is 682. The molecule has 0 aromatic heterocycles. The summed E-state index contributed by atoms with van der Waals surface area (Å²) in [7, 11) is 0. The number of hydrogen-bond acceptors (Lipinski definition) is 5. The monoisotopic (exact) mass is 356 g/mol. The number of benzene rings is 1. The number of non-ortho nitro benzene ring substituents is 1. The summed E-state index contributed by atoms with van der Waals surface area (Å²) in [6.45, 7) is -0.0158. The standard InChI is InChI=1S/C14H13ClN2O5S/c15-14(13(19)20)7-16-11(18)6-12(16)23-10(14)5-8-1-3-9(4-2-8)17(21)22/h1-4,10,12H,5-7H2,(H,19,20)/t10?,12-,14?/m1/s1. The number of alkyl halides is 1. The van der Waals surface area contributed by atoms with Crippen molar-refractivity contribution < 1.29 is 19.6 Å². The van der Waals surface area contributed by atoms with Gasteiger partial charge in [0.05, 0.1) is 23.3 Å². The number of fused-ring (bicyclic) bond motifs is 1. The molecule has 0 spiro atoms. The second-order valence-electron chi connectivity index (χ2n) is 5.60. The van der Waals surface area contributed by atoms with Gasteiger partial charge in [-0.25, -0.2) is 0 Å². The van der Waals surface area contributed by atoms with Crippen LogP contribution in [0.15, 0.2) is 24.3 Å². The lowest BCUT2D eigenvalue weighted by atomic mass is 9.95. The number of nitro groups is 1. The Balaban J connectivity index is 1.80. The zero-order chi connectivity index (χ0) is 16.8. The van der Waals surface area contributed by atoms with Crippen molar-refractivity contribution in [1.82, 2.24) is 4.90 Å². The Morgan fingerprint density at radius 1 is 1.48 bits per heavy atom. The van der Waals surface area contributed by atoms with E-state index in [1.54, 1.807) is 12.1 Å². The van der Waals surface area contributed by atoms with Gasteiger partial charge in [0.2, 0.25) is 5.91 Å². The quantitative estimate of drug-likeness (QED) is 0.382. The number of carbonyl (C=O) groups is 2. The van der Waals surface area contributed by atoms with Crippen LogP contribution in [0.4, 0.5) is 5.69 Å². The summed E-state index contributed by atoms with van der Waals surface area (Å²) < 4.78 is 0. The summed E-state index contributed by atoms with van der Waals surface area (Å²) in [6, 6.07) is 5.99. The second-order valence-corrected chi connectivity index (χ2v) is 7.66. The van der Waals surface area contributed by atoms with Crippen LogP contribution in [0.3, 0.4) is 0 Å². The Morgan fingerprint density at radius 2 is 2.13 bits per heavy atom. The maximum absolute atomic E-state index is 11.6. The van der Waals surface area contributed by atoms with Crippen molar-refractivity contribution in [2.45, 2.75) is 28.3 Å². The molecule has 9 heteroatoms. The lowest BCUT2D eigenvalue weighted by Gasteiger charge is -2.51. The van der Waals surface area contributed by atoms with Crippen molar-refractivity contribution in [2.75, 3.05) is 6.54 Å². The molecule has 2 heterocycles. The maximum atomic E-state index is 11.6. The Labute approximate surface area is 140 Å². The number of rotatable bonds is 4. The summed E-state index contributed by atoms with van der Waals surface area (Å²) in [6.07, 6.45) is 0.769. The molecule has 2 fully saturated rings. The van der Waals surface area contributed by atoms with E-state index in [4.69, 9.17) is 11.6 Å². The number of nitro benzene ring substituents is 1. The van der Waals surface area contributed by atoms with Crippen molar-refractivity contribution in [3.8, 4) is 0 Å². The van der Waals surface area contributed by atoms with Crippen LogP contribution in [0, 0.1) is 10.1 Å². The zero-order valence-corrected chi connectivity index (χ0v) is 13.4. The Morgan fingerprint density at radius 3 is 2.65 bits per heavy atom. The molecular weight excluding hydrogens is 344 g/mol. The topological polar surface area (TPSA) is 101 Å². The largest absolute Gasteiger partial charge is 0.480 e. The molecule has 23 heavy (non-hydrogen) atoms. The van der Waals surface area contributed by atoms with Crippen molar-refractivity contribution >= 4 is 40.9 Å². The number of nitrogens with zero attached hydrogens (tertiary/aromatic N) is 2. The van der Waals surface area contributed by atoms with Crippen LogP contribution in [0.2, 0.25) is 0 Å². The molecule has 3 rings (SSSR count). The van der Waals surface area contributed by atoms with Crippen molar-refractivity contribution in [2.24, 2.45) is 0 Å². The molecule has 0 bridgehead atoms. The first-order valence-electron chi connectivity index (χ1n) is 6.92. The molecule has 0 saturated carbocycles. The number of carbonyl (C=O) groups excluding carboxylic acids is 1. The van der Waals surface area contributed by atoms with Crippen LogP contribution in [-0.4, -0.2) is 48.8 Å². The molecule has 2 aliphatic heterocycles. The lowest BCUT2D eigenvalue weighted by Crippen LogP contribution is -2.65. The van der Waals surface area contributed by atoms with Gasteiger partial charge >= 0.3 is 5.97 Å². The molecule has 3 atom stereocenters. The highest BCUT2D eigenvalue weighted by Gasteiger charge is 2.56. The molecule has 1 aromatic rings. The number of thioether (sulfide) groups is 1. The first-order chi connectivity index (χ1) is 10.8. The number of hydrogen-bond donors (Lipinski definition) is 1. The summed E-state index contributed by atoms with van der Waals surface area (Å²) >= 11 is 7.73. The third kappa shape index (κ3) is 2.76. The van der Waals surface area contributed by atoms with Crippen molar-refractivity contribution in [1.29, 1.82) is 0 Å². The molecule has 2 unspecified atom stereocenters. The van der Waals surface area contributed by atoms with Crippen LogP contribution in [-0.2, 0) is 16.0 Å². The van der Waals surface area contributed by atoms with E-state index >= 15 is 0 Å². The zero-order valence-electron chi connectivity index (χ0n) is 11.8. The van der Waals surface area contributed by atoms with Crippen molar-refractivity contribution in [3.05, 3.63) is 39.9 Å². The lowest BCUT2D eigenvalue weighted by molar-refractivity contribution is -0.384. The fourth-order valence-corrected chi connectivity index (χ4v) is 4.76. The van der Waals surface area contributed by atoms with Gasteiger partial charge in [-0.2, -0.15) is 0 Å². The molecular formula is C14H13ClN2O5S. The summed E-state index contributed by atoms with van der Waals surface area (Å²) in [5.41, 5.74) is 0.759. The first kappa shape index (κ1) is 16.1. The van der Waals surface area contributed by atoms with Crippen LogP contribution in [0.5, 0.6) is 0 Å². The van der Waals surface area contributed by atoms with Gasteiger partial charge in [-0.3, -0.25) is 19.7 Å². The maximum Gasteiger partial charge on any atom is 0.327 e. The molecule has 1 aromatic carbocycles. The van der Waals surface area contributed by atoms with Gasteiger partial charge in [-0.15, -0.1) is 23.4 Å². The molecule has 2 saturated heterocycles. The van der Waals surface area contributed by atoms with Crippen LogP contribution >= 0.6 is 23.4 Å². The highest BCUT2D eigenvalue weighted by atomic mass is 35.5. The van der Waals surface area contributed by atoms with Gasteiger partial charge in [0.1, 0.15) is 0 Å². The number of amides is 1. The van der Waals surface area contributed by atoms with E-state index in [-0.39, 0.29) is 23.5 Å². The SMILES string of the molecule is O=C1C[C@H]2SC(Cc3ccc([N+](=O)[O-])cc3)C(Cl)(C(=O)O)CN12. The van der Waals surface area contributed by atoms with E-state index in [2.05, 4.69) is 0 Å². The first-order valence-corrected chi connectivity index (χ1v) is 8.24. The van der Waals surface area contributed by atoms with Crippen LogP contribution in [0.25, 0.3) is 0 Å². The fourth-order valence-electron chi connectivity index (χ4n) is 2.77. The van der Waals surface area contributed by atoms with E-state index in [9.17, 15) is 24.8 Å². The van der Waals surface area contributed by atoms with Crippen LogP contribution < -0.4 is 0 Å². The highest BCUT2D eigenvalue weighted by molar-refractivity contribution is 8.00. The molecule has 0 aliphatic carbocycles. The minimum atomic E-state index is -1.56. The second kappa shape index (κ2) is 5.68. The molecule has 1 amide bonds. The molecule has 7 nitrogen and oxygen atoms in total. The average molecular weight is 357 g/mol. The predicted octanol–water partition coefficient (Wildman–Crippen LogP) is 1.87. The van der Waals surface area contributed by atoms with E-state index in [1.807, 2.05) is 0 Å². The third-order valence-electron chi connectivity index (χ3n) is 4.17. The van der Waals surface area contributed by atoms with Gasteiger partial charge in [-0.1, -0.05) is 12.1 Å². The number of halogens is 1. The van der Waals surface area contributed by atoms with E-state index in [0.717, 1.165) is 5.56 Å². The number of β-lactam (4-membered cyclic amide) rings is 1.